The Hall–Kier alpha value is -1.89. The van der Waals surface area contributed by atoms with E-state index in [9.17, 15) is 14.9 Å². The summed E-state index contributed by atoms with van der Waals surface area (Å²) in [4.78, 5) is 21.1. The van der Waals surface area contributed by atoms with Gasteiger partial charge in [0, 0.05) is 6.54 Å². The third-order valence-electron chi connectivity index (χ3n) is 2.15. The zero-order valence-corrected chi connectivity index (χ0v) is 9.73. The quantitative estimate of drug-likeness (QED) is 0.567. The fraction of sp³-hybridized carbons (Fsp3) is 0.500. The van der Waals surface area contributed by atoms with Crippen molar-refractivity contribution in [2.45, 2.75) is 26.4 Å². The average molecular weight is 241 g/mol. The number of amides is 1. The molecule has 1 heterocycles. The summed E-state index contributed by atoms with van der Waals surface area (Å²) in [6.07, 6.45) is 0. The lowest BCUT2D eigenvalue weighted by molar-refractivity contribution is -0.402. The summed E-state index contributed by atoms with van der Waals surface area (Å²) < 4.78 is 4.94. The van der Waals surface area contributed by atoms with Gasteiger partial charge in [-0.2, -0.15) is 0 Å². The van der Waals surface area contributed by atoms with Crippen molar-refractivity contribution >= 4 is 11.8 Å². The number of nitrogens with zero attached hydrogens (tertiary/aromatic N) is 1. The van der Waals surface area contributed by atoms with Gasteiger partial charge in [-0.05, 0) is 19.9 Å². The maximum Gasteiger partial charge on any atom is 0.433 e. The van der Waals surface area contributed by atoms with E-state index in [4.69, 9.17) is 4.42 Å². The molecule has 2 N–H and O–H groups in total. The molecule has 0 bridgehead atoms. The first-order chi connectivity index (χ1) is 8.04. The molecule has 1 rings (SSSR count). The summed E-state index contributed by atoms with van der Waals surface area (Å²) in [6, 6.07) is 2.42. The summed E-state index contributed by atoms with van der Waals surface area (Å²) in [5, 5.41) is 15.9. The normalized spacial score (nSPS) is 12.1. The molecule has 1 aromatic rings. The van der Waals surface area contributed by atoms with Gasteiger partial charge in [0.2, 0.25) is 5.91 Å². The van der Waals surface area contributed by atoms with Gasteiger partial charge in [0.25, 0.3) is 0 Å². The monoisotopic (exact) mass is 241 g/mol. The molecule has 0 spiro atoms. The largest absolute Gasteiger partial charge is 0.433 e. The Bertz CT molecular complexity index is 402. The molecular formula is C10H15N3O4. The molecule has 0 fully saturated rings. The standard InChI is InChI=1S/C10H15N3O4/c1-3-11-10(14)7(2)12-6-8-4-5-9(17-8)13(15)16/h4-5,7,12H,3,6H2,1-2H3,(H,11,14). The minimum atomic E-state index is -0.600. The zero-order valence-electron chi connectivity index (χ0n) is 9.73. The Morgan fingerprint density at radius 3 is 2.82 bits per heavy atom. The average Bonchev–Trinajstić information content (AvgIpc) is 2.75. The Kier molecular flexibility index (Phi) is 4.65. The Morgan fingerprint density at radius 2 is 2.29 bits per heavy atom. The molecule has 0 aromatic carbocycles. The number of furan rings is 1. The second-order valence-corrected chi connectivity index (χ2v) is 3.49. The first-order valence-corrected chi connectivity index (χ1v) is 5.28. The smallest absolute Gasteiger partial charge is 0.404 e. The highest BCUT2D eigenvalue weighted by Gasteiger charge is 2.14. The number of hydrogen-bond donors (Lipinski definition) is 2. The van der Waals surface area contributed by atoms with Gasteiger partial charge in [0.15, 0.2) is 0 Å². The molecule has 1 aromatic heterocycles. The van der Waals surface area contributed by atoms with Crippen LogP contribution in [-0.4, -0.2) is 23.4 Å². The predicted octanol–water partition coefficient (Wildman–Crippen LogP) is 0.802. The number of rotatable bonds is 6. The van der Waals surface area contributed by atoms with Crippen molar-refractivity contribution in [1.82, 2.24) is 10.6 Å². The van der Waals surface area contributed by atoms with Crippen molar-refractivity contribution in [1.29, 1.82) is 0 Å². The maximum absolute atomic E-state index is 11.4. The Morgan fingerprint density at radius 1 is 1.59 bits per heavy atom. The van der Waals surface area contributed by atoms with E-state index < -0.39 is 4.92 Å². The van der Waals surface area contributed by atoms with E-state index in [0.29, 0.717) is 12.3 Å². The topological polar surface area (TPSA) is 97.4 Å². The van der Waals surface area contributed by atoms with Crippen molar-refractivity contribution in [3.63, 3.8) is 0 Å². The summed E-state index contributed by atoms with van der Waals surface area (Å²) in [5.74, 6) is 0.00821. The molecule has 7 nitrogen and oxygen atoms in total. The van der Waals surface area contributed by atoms with Crippen LogP contribution in [0.15, 0.2) is 16.5 Å². The van der Waals surface area contributed by atoms with E-state index in [1.807, 2.05) is 6.92 Å². The van der Waals surface area contributed by atoms with Crippen LogP contribution in [0, 0.1) is 10.1 Å². The van der Waals surface area contributed by atoms with Crippen LogP contribution < -0.4 is 10.6 Å². The fourth-order valence-corrected chi connectivity index (χ4v) is 1.23. The van der Waals surface area contributed by atoms with E-state index in [1.165, 1.54) is 12.1 Å². The van der Waals surface area contributed by atoms with Crippen LogP contribution in [0.25, 0.3) is 0 Å². The van der Waals surface area contributed by atoms with Crippen LogP contribution in [0.3, 0.4) is 0 Å². The minimum absolute atomic E-state index is 0.117. The molecule has 0 saturated heterocycles. The number of likely N-dealkylation sites (N-methyl/N-ethyl adjacent to an activating group) is 1. The fourth-order valence-electron chi connectivity index (χ4n) is 1.23. The van der Waals surface area contributed by atoms with Crippen LogP contribution in [0.4, 0.5) is 5.88 Å². The predicted molar refractivity (Wildman–Crippen MR) is 60.3 cm³/mol. The van der Waals surface area contributed by atoms with Crippen LogP contribution >= 0.6 is 0 Å². The van der Waals surface area contributed by atoms with Gasteiger partial charge in [-0.3, -0.25) is 20.2 Å². The number of carbonyl (C=O) groups is 1. The molecule has 0 aliphatic heterocycles. The lowest BCUT2D eigenvalue weighted by Gasteiger charge is -2.11. The molecule has 94 valence electrons. The van der Waals surface area contributed by atoms with Gasteiger partial charge < -0.3 is 9.73 Å². The molecule has 1 unspecified atom stereocenters. The van der Waals surface area contributed by atoms with E-state index in [0.717, 1.165) is 0 Å². The maximum atomic E-state index is 11.4. The van der Waals surface area contributed by atoms with Crippen molar-refractivity contribution in [2.24, 2.45) is 0 Å². The van der Waals surface area contributed by atoms with Crippen molar-refractivity contribution in [3.8, 4) is 0 Å². The molecule has 0 radical (unpaired) electrons. The van der Waals surface area contributed by atoms with E-state index in [-0.39, 0.29) is 24.4 Å². The van der Waals surface area contributed by atoms with Crippen LogP contribution in [0.2, 0.25) is 0 Å². The molecule has 0 aliphatic rings. The highest BCUT2D eigenvalue weighted by molar-refractivity contribution is 5.81. The summed E-state index contributed by atoms with van der Waals surface area (Å²) >= 11 is 0. The molecule has 7 heteroatoms. The van der Waals surface area contributed by atoms with Gasteiger partial charge in [-0.25, -0.2) is 0 Å². The zero-order chi connectivity index (χ0) is 12.8. The van der Waals surface area contributed by atoms with E-state index in [2.05, 4.69) is 10.6 Å². The van der Waals surface area contributed by atoms with Crippen LogP contribution in [-0.2, 0) is 11.3 Å². The van der Waals surface area contributed by atoms with Gasteiger partial charge in [0.1, 0.15) is 10.7 Å². The second kappa shape index (κ2) is 6.00. The van der Waals surface area contributed by atoms with Crippen LogP contribution in [0.5, 0.6) is 0 Å². The summed E-state index contributed by atoms with van der Waals surface area (Å²) in [6.45, 7) is 4.38. The summed E-state index contributed by atoms with van der Waals surface area (Å²) in [5.41, 5.74) is 0. The molecule has 17 heavy (non-hydrogen) atoms. The number of nitrogens with one attached hydrogen (secondary N) is 2. The van der Waals surface area contributed by atoms with E-state index in [1.54, 1.807) is 6.92 Å². The minimum Gasteiger partial charge on any atom is -0.404 e. The third kappa shape index (κ3) is 3.87. The van der Waals surface area contributed by atoms with E-state index >= 15 is 0 Å². The molecule has 0 saturated carbocycles. The van der Waals surface area contributed by atoms with Gasteiger partial charge in [0.05, 0.1) is 18.7 Å². The highest BCUT2D eigenvalue weighted by atomic mass is 16.6. The molecule has 1 atom stereocenters. The third-order valence-corrected chi connectivity index (χ3v) is 2.15. The second-order valence-electron chi connectivity index (χ2n) is 3.49. The molecular weight excluding hydrogens is 226 g/mol. The number of hydrogen-bond acceptors (Lipinski definition) is 5. The van der Waals surface area contributed by atoms with Crippen molar-refractivity contribution in [2.75, 3.05) is 6.54 Å². The lowest BCUT2D eigenvalue weighted by atomic mass is 10.3. The number of nitro groups is 1. The molecule has 0 aliphatic carbocycles. The first kappa shape index (κ1) is 13.2. The first-order valence-electron chi connectivity index (χ1n) is 5.28. The Labute approximate surface area is 98.3 Å². The van der Waals surface area contributed by atoms with Crippen LogP contribution in [0.1, 0.15) is 19.6 Å². The lowest BCUT2D eigenvalue weighted by Crippen LogP contribution is -2.41. The molecule has 1 amide bonds. The van der Waals surface area contributed by atoms with Gasteiger partial charge >= 0.3 is 5.88 Å². The Balaban J connectivity index is 2.44. The summed E-state index contributed by atoms with van der Waals surface area (Å²) in [7, 11) is 0. The number of carbonyl (C=O) groups excluding carboxylic acids is 1. The van der Waals surface area contributed by atoms with Gasteiger partial charge in [-0.1, -0.05) is 0 Å². The van der Waals surface area contributed by atoms with Crippen molar-refractivity contribution in [3.05, 3.63) is 28.0 Å². The SMILES string of the molecule is CCNC(=O)C(C)NCc1ccc([N+](=O)[O-])o1. The highest BCUT2D eigenvalue weighted by Crippen LogP contribution is 2.15. The van der Waals surface area contributed by atoms with Crippen molar-refractivity contribution < 1.29 is 14.1 Å². The van der Waals surface area contributed by atoms with Gasteiger partial charge in [-0.15, -0.1) is 0 Å².